The lowest BCUT2D eigenvalue weighted by Crippen LogP contribution is -2.24. The highest BCUT2D eigenvalue weighted by Crippen LogP contribution is 2.19. The molecule has 14 heavy (non-hydrogen) atoms. The fourth-order valence-electron chi connectivity index (χ4n) is 1.34. The van der Waals surface area contributed by atoms with Crippen molar-refractivity contribution in [3.05, 3.63) is 36.5 Å². The van der Waals surface area contributed by atoms with Gasteiger partial charge in [-0.1, -0.05) is 51.2 Å². The first-order valence-electron chi connectivity index (χ1n) is 5.32. The third-order valence-corrected chi connectivity index (χ3v) is 2.45. The van der Waals surface area contributed by atoms with Crippen LogP contribution in [0, 0.1) is 0 Å². The van der Waals surface area contributed by atoms with Crippen LogP contribution in [0.3, 0.4) is 0 Å². The van der Waals surface area contributed by atoms with Crippen molar-refractivity contribution in [3.63, 3.8) is 0 Å². The van der Waals surface area contributed by atoms with Gasteiger partial charge in [0, 0.05) is 0 Å². The van der Waals surface area contributed by atoms with Gasteiger partial charge in [0.1, 0.15) is 0 Å². The third-order valence-electron chi connectivity index (χ3n) is 2.45. The normalized spacial score (nSPS) is 17.0. The standard InChI is InChI=1S/C13H22O/c1-5-10-13(14,8-4)11-9-12(6-2)7-3/h6-7,9,11,14H,2,5,8,10H2,1,3-4H3/b11-9+,12-7-. The number of hydrogen-bond acceptors (Lipinski definition) is 1. The summed E-state index contributed by atoms with van der Waals surface area (Å²) in [6.45, 7) is 9.75. The van der Waals surface area contributed by atoms with Crippen LogP contribution >= 0.6 is 0 Å². The van der Waals surface area contributed by atoms with Crippen LogP contribution in [-0.4, -0.2) is 10.7 Å². The smallest absolute Gasteiger partial charge is 0.0828 e. The topological polar surface area (TPSA) is 20.2 Å². The Bertz CT molecular complexity index is 225. The van der Waals surface area contributed by atoms with Gasteiger partial charge in [-0.25, -0.2) is 0 Å². The molecule has 0 saturated carbocycles. The highest BCUT2D eigenvalue weighted by atomic mass is 16.3. The van der Waals surface area contributed by atoms with Gasteiger partial charge >= 0.3 is 0 Å². The summed E-state index contributed by atoms with van der Waals surface area (Å²) in [7, 11) is 0. The van der Waals surface area contributed by atoms with Gasteiger partial charge in [-0.2, -0.15) is 0 Å². The largest absolute Gasteiger partial charge is 0.386 e. The van der Waals surface area contributed by atoms with Gasteiger partial charge in [0.15, 0.2) is 0 Å². The molecule has 0 bridgehead atoms. The summed E-state index contributed by atoms with van der Waals surface area (Å²) in [6.07, 6.45) is 10.2. The van der Waals surface area contributed by atoms with E-state index in [0.717, 1.165) is 24.8 Å². The van der Waals surface area contributed by atoms with Gasteiger partial charge in [0.25, 0.3) is 0 Å². The van der Waals surface area contributed by atoms with E-state index in [2.05, 4.69) is 13.5 Å². The zero-order valence-corrected chi connectivity index (χ0v) is 9.59. The highest BCUT2D eigenvalue weighted by Gasteiger charge is 2.18. The molecule has 0 spiro atoms. The fourth-order valence-corrected chi connectivity index (χ4v) is 1.34. The summed E-state index contributed by atoms with van der Waals surface area (Å²) in [5.41, 5.74) is 0.402. The van der Waals surface area contributed by atoms with E-state index in [4.69, 9.17) is 0 Å². The molecule has 0 aromatic carbocycles. The molecular weight excluding hydrogens is 172 g/mol. The Hall–Kier alpha value is -0.820. The van der Waals surface area contributed by atoms with Crippen molar-refractivity contribution < 1.29 is 5.11 Å². The Labute approximate surface area is 87.8 Å². The lowest BCUT2D eigenvalue weighted by molar-refractivity contribution is 0.0766. The summed E-state index contributed by atoms with van der Waals surface area (Å²) >= 11 is 0. The van der Waals surface area contributed by atoms with E-state index in [1.54, 1.807) is 6.08 Å². The molecule has 80 valence electrons. The van der Waals surface area contributed by atoms with Crippen LogP contribution in [0.25, 0.3) is 0 Å². The average Bonchev–Trinajstić information content (AvgIpc) is 2.20. The van der Waals surface area contributed by atoms with E-state index in [0.29, 0.717) is 0 Å². The van der Waals surface area contributed by atoms with Crippen molar-refractivity contribution in [2.75, 3.05) is 0 Å². The summed E-state index contributed by atoms with van der Waals surface area (Å²) in [4.78, 5) is 0. The zero-order chi connectivity index (χ0) is 11.0. The van der Waals surface area contributed by atoms with Gasteiger partial charge in [-0.05, 0) is 25.3 Å². The van der Waals surface area contributed by atoms with E-state index >= 15 is 0 Å². The van der Waals surface area contributed by atoms with Gasteiger partial charge in [-0.3, -0.25) is 0 Å². The van der Waals surface area contributed by atoms with Crippen LogP contribution in [0.4, 0.5) is 0 Å². The van der Waals surface area contributed by atoms with Crippen LogP contribution in [-0.2, 0) is 0 Å². The summed E-state index contributed by atoms with van der Waals surface area (Å²) in [5, 5.41) is 10.1. The van der Waals surface area contributed by atoms with Crippen molar-refractivity contribution in [3.8, 4) is 0 Å². The van der Waals surface area contributed by atoms with Crippen LogP contribution < -0.4 is 0 Å². The highest BCUT2D eigenvalue weighted by molar-refractivity contribution is 5.29. The molecule has 1 unspecified atom stereocenters. The van der Waals surface area contributed by atoms with Crippen LogP contribution in [0.15, 0.2) is 36.5 Å². The maximum atomic E-state index is 10.1. The zero-order valence-electron chi connectivity index (χ0n) is 9.59. The van der Waals surface area contributed by atoms with Gasteiger partial charge in [-0.15, -0.1) is 0 Å². The summed E-state index contributed by atoms with van der Waals surface area (Å²) < 4.78 is 0. The number of allylic oxidation sites excluding steroid dienone is 4. The molecule has 0 aliphatic heterocycles. The predicted molar refractivity (Wildman–Crippen MR) is 63.2 cm³/mol. The molecule has 1 heteroatoms. The Balaban J connectivity index is 4.51. The van der Waals surface area contributed by atoms with Crippen LogP contribution in [0.2, 0.25) is 0 Å². The summed E-state index contributed by atoms with van der Waals surface area (Å²) in [5.74, 6) is 0. The first-order chi connectivity index (χ1) is 6.61. The Morgan fingerprint density at radius 1 is 1.43 bits per heavy atom. The van der Waals surface area contributed by atoms with Crippen LogP contribution in [0.5, 0.6) is 0 Å². The lowest BCUT2D eigenvalue weighted by atomic mass is 9.94. The molecule has 0 saturated heterocycles. The van der Waals surface area contributed by atoms with E-state index < -0.39 is 5.60 Å². The summed E-state index contributed by atoms with van der Waals surface area (Å²) in [6, 6.07) is 0. The molecule has 0 heterocycles. The van der Waals surface area contributed by atoms with Gasteiger partial charge in [0.05, 0.1) is 5.60 Å². The van der Waals surface area contributed by atoms with E-state index in [1.165, 1.54) is 0 Å². The first-order valence-corrected chi connectivity index (χ1v) is 5.32. The van der Waals surface area contributed by atoms with Crippen molar-refractivity contribution in [2.24, 2.45) is 0 Å². The number of rotatable bonds is 6. The lowest BCUT2D eigenvalue weighted by Gasteiger charge is -2.21. The molecule has 0 rings (SSSR count). The Morgan fingerprint density at radius 3 is 2.43 bits per heavy atom. The Kier molecular flexibility index (Phi) is 6.22. The molecule has 1 N–H and O–H groups in total. The van der Waals surface area contributed by atoms with Crippen molar-refractivity contribution >= 4 is 0 Å². The SMILES string of the molecule is C=CC(=C/C)/C=C/C(O)(CC)CCC. The second-order valence-electron chi connectivity index (χ2n) is 3.53. The molecule has 1 atom stereocenters. The minimum absolute atomic E-state index is 0.647. The minimum Gasteiger partial charge on any atom is -0.386 e. The molecule has 1 nitrogen and oxygen atoms in total. The molecular formula is C13H22O. The van der Waals surface area contributed by atoms with Crippen molar-refractivity contribution in [1.82, 2.24) is 0 Å². The van der Waals surface area contributed by atoms with Crippen LogP contribution in [0.1, 0.15) is 40.0 Å². The van der Waals surface area contributed by atoms with Gasteiger partial charge in [0.2, 0.25) is 0 Å². The molecule has 0 aliphatic rings. The second-order valence-corrected chi connectivity index (χ2v) is 3.53. The van der Waals surface area contributed by atoms with Crippen molar-refractivity contribution in [1.29, 1.82) is 0 Å². The minimum atomic E-state index is -0.647. The molecule has 0 radical (unpaired) electrons. The maximum Gasteiger partial charge on any atom is 0.0828 e. The first kappa shape index (κ1) is 13.2. The Morgan fingerprint density at radius 2 is 2.07 bits per heavy atom. The number of aliphatic hydroxyl groups is 1. The monoisotopic (exact) mass is 194 g/mol. The molecule has 0 aromatic heterocycles. The van der Waals surface area contributed by atoms with Crippen molar-refractivity contribution in [2.45, 2.75) is 45.6 Å². The maximum absolute atomic E-state index is 10.1. The second kappa shape index (κ2) is 6.61. The molecule has 0 fully saturated rings. The fraction of sp³-hybridized carbons (Fsp3) is 0.538. The van der Waals surface area contributed by atoms with E-state index in [-0.39, 0.29) is 0 Å². The van der Waals surface area contributed by atoms with E-state index in [1.807, 2.05) is 32.1 Å². The quantitative estimate of drug-likeness (QED) is 0.640. The number of hydrogen-bond donors (Lipinski definition) is 1. The van der Waals surface area contributed by atoms with Gasteiger partial charge < -0.3 is 5.11 Å². The predicted octanol–water partition coefficient (Wildman–Crippen LogP) is 3.62. The molecule has 0 aliphatic carbocycles. The van der Waals surface area contributed by atoms with E-state index in [9.17, 15) is 5.11 Å². The third kappa shape index (κ3) is 4.43. The average molecular weight is 194 g/mol. The molecule has 0 aromatic rings. The molecule has 0 amide bonds.